The molecule has 4 heteroatoms. The van der Waals surface area contributed by atoms with Gasteiger partial charge in [0.2, 0.25) is 0 Å². The molecule has 0 N–H and O–H groups in total. The van der Waals surface area contributed by atoms with Gasteiger partial charge in [-0.1, -0.05) is 0 Å². The highest BCUT2D eigenvalue weighted by molar-refractivity contribution is 5.58. The number of aldehydes is 1. The molecule has 58 valence electrons. The molecule has 0 amide bonds. The van der Waals surface area contributed by atoms with E-state index in [0.29, 0.717) is 6.29 Å². The lowest BCUT2D eigenvalue weighted by Crippen LogP contribution is -2.26. The van der Waals surface area contributed by atoms with Crippen LogP contribution in [0.1, 0.15) is 6.42 Å². The zero-order chi connectivity index (χ0) is 7.78. The predicted molar refractivity (Wildman–Crippen MR) is 32.0 cm³/mol. The molecule has 0 bridgehead atoms. The van der Waals surface area contributed by atoms with Crippen molar-refractivity contribution in [2.45, 2.75) is 18.4 Å². The van der Waals surface area contributed by atoms with Gasteiger partial charge in [0.1, 0.15) is 6.29 Å². The van der Waals surface area contributed by atoms with Gasteiger partial charge < -0.3 is 4.79 Å². The summed E-state index contributed by atoms with van der Waals surface area (Å²) >= 11 is 0. The number of nitrogens with zero attached hydrogens (tertiary/aromatic N) is 1. The summed E-state index contributed by atoms with van der Waals surface area (Å²) in [5.41, 5.74) is 0. The smallest absolute Gasteiger partial charge is 0.262 e. The second kappa shape index (κ2) is 2.27. The minimum atomic E-state index is -2.67. The SMILES string of the molecule is CN1CC(F)(F)C[C@H]1C=O. The van der Waals surface area contributed by atoms with E-state index in [0.717, 1.165) is 0 Å². The summed E-state index contributed by atoms with van der Waals surface area (Å²) in [5, 5.41) is 0. The number of carbonyl (C=O) groups is 1. The molecule has 1 rings (SSSR count). The van der Waals surface area contributed by atoms with Gasteiger partial charge in [-0.25, -0.2) is 8.78 Å². The fourth-order valence-electron chi connectivity index (χ4n) is 1.16. The molecule has 10 heavy (non-hydrogen) atoms. The Morgan fingerprint density at radius 3 is 2.50 bits per heavy atom. The quantitative estimate of drug-likeness (QED) is 0.507. The molecule has 0 unspecified atom stereocenters. The molecule has 0 saturated carbocycles. The van der Waals surface area contributed by atoms with Crippen LogP contribution in [-0.2, 0) is 4.79 Å². The third kappa shape index (κ3) is 1.31. The molecular formula is C6H9F2NO. The summed E-state index contributed by atoms with van der Waals surface area (Å²) in [6, 6.07) is -0.588. The largest absolute Gasteiger partial charge is 0.302 e. The van der Waals surface area contributed by atoms with E-state index in [1.54, 1.807) is 0 Å². The van der Waals surface area contributed by atoms with E-state index in [9.17, 15) is 13.6 Å². The highest BCUT2D eigenvalue weighted by atomic mass is 19.3. The number of alkyl halides is 2. The van der Waals surface area contributed by atoms with Gasteiger partial charge in [0, 0.05) is 6.42 Å². The summed E-state index contributed by atoms with van der Waals surface area (Å²) in [7, 11) is 1.53. The van der Waals surface area contributed by atoms with E-state index >= 15 is 0 Å². The standard InChI is InChI=1S/C6H9F2NO/c1-9-4-6(7,8)2-5(9)3-10/h3,5H,2,4H2,1H3/t5-/m0/s1. The van der Waals surface area contributed by atoms with Crippen LogP contribution in [0.25, 0.3) is 0 Å². The van der Waals surface area contributed by atoms with Gasteiger partial charge in [-0.3, -0.25) is 4.90 Å². The van der Waals surface area contributed by atoms with Crippen LogP contribution >= 0.6 is 0 Å². The lowest BCUT2D eigenvalue weighted by atomic mass is 10.2. The number of halogens is 2. The zero-order valence-electron chi connectivity index (χ0n) is 5.68. The number of carbonyl (C=O) groups excluding carboxylic acids is 1. The van der Waals surface area contributed by atoms with Crippen LogP contribution in [0.15, 0.2) is 0 Å². The lowest BCUT2D eigenvalue weighted by Gasteiger charge is -2.10. The molecule has 0 spiro atoms. The second-order valence-electron chi connectivity index (χ2n) is 2.68. The highest BCUT2D eigenvalue weighted by Crippen LogP contribution is 2.29. The molecular weight excluding hydrogens is 140 g/mol. The molecule has 0 aromatic rings. The van der Waals surface area contributed by atoms with Crippen molar-refractivity contribution < 1.29 is 13.6 Å². The fraction of sp³-hybridized carbons (Fsp3) is 0.833. The number of likely N-dealkylation sites (tertiary alicyclic amines) is 1. The van der Waals surface area contributed by atoms with Gasteiger partial charge in [0.15, 0.2) is 0 Å². The van der Waals surface area contributed by atoms with Crippen LogP contribution in [0.5, 0.6) is 0 Å². The van der Waals surface area contributed by atoms with E-state index in [1.165, 1.54) is 11.9 Å². The minimum Gasteiger partial charge on any atom is -0.302 e. The Morgan fingerprint density at radius 2 is 2.30 bits per heavy atom. The number of hydrogen-bond donors (Lipinski definition) is 0. The van der Waals surface area contributed by atoms with Crippen molar-refractivity contribution in [1.29, 1.82) is 0 Å². The zero-order valence-corrected chi connectivity index (χ0v) is 5.68. The summed E-state index contributed by atoms with van der Waals surface area (Å²) < 4.78 is 24.9. The topological polar surface area (TPSA) is 20.3 Å². The average molecular weight is 149 g/mol. The van der Waals surface area contributed by atoms with Crippen molar-refractivity contribution in [1.82, 2.24) is 4.90 Å². The summed E-state index contributed by atoms with van der Waals surface area (Å²) in [4.78, 5) is 11.5. The van der Waals surface area contributed by atoms with E-state index < -0.39 is 12.0 Å². The first-order chi connectivity index (χ1) is 4.55. The molecule has 0 aromatic carbocycles. The summed E-state index contributed by atoms with van der Waals surface area (Å²) in [5.74, 6) is -2.67. The van der Waals surface area contributed by atoms with Crippen LogP contribution in [0, 0.1) is 0 Å². The Labute approximate surface area is 57.8 Å². The van der Waals surface area contributed by atoms with E-state index in [4.69, 9.17) is 0 Å². The van der Waals surface area contributed by atoms with Gasteiger partial charge in [0.05, 0.1) is 12.6 Å². The van der Waals surface area contributed by atoms with Crippen molar-refractivity contribution in [3.63, 3.8) is 0 Å². The van der Waals surface area contributed by atoms with E-state index in [2.05, 4.69) is 0 Å². The number of likely N-dealkylation sites (N-methyl/N-ethyl adjacent to an activating group) is 1. The first kappa shape index (κ1) is 7.60. The monoisotopic (exact) mass is 149 g/mol. The van der Waals surface area contributed by atoms with Gasteiger partial charge in [-0.15, -0.1) is 0 Å². The summed E-state index contributed by atoms with van der Waals surface area (Å²) in [6.45, 7) is -0.295. The summed E-state index contributed by atoms with van der Waals surface area (Å²) in [6.07, 6.45) is 0.244. The number of hydrogen-bond acceptors (Lipinski definition) is 2. The average Bonchev–Trinajstić information content (AvgIpc) is 2.05. The minimum absolute atomic E-state index is 0.295. The van der Waals surface area contributed by atoms with Gasteiger partial charge in [-0.05, 0) is 7.05 Å². The van der Waals surface area contributed by atoms with Crippen molar-refractivity contribution >= 4 is 6.29 Å². The van der Waals surface area contributed by atoms with Gasteiger partial charge in [0.25, 0.3) is 5.92 Å². The molecule has 2 nitrogen and oxygen atoms in total. The predicted octanol–water partition coefficient (Wildman–Crippen LogP) is 0.525. The van der Waals surface area contributed by atoms with Gasteiger partial charge >= 0.3 is 0 Å². The fourth-order valence-corrected chi connectivity index (χ4v) is 1.16. The highest BCUT2D eigenvalue weighted by Gasteiger charge is 2.42. The third-order valence-electron chi connectivity index (χ3n) is 1.71. The van der Waals surface area contributed by atoms with Crippen LogP contribution < -0.4 is 0 Å². The molecule has 0 radical (unpaired) electrons. The molecule has 1 saturated heterocycles. The second-order valence-corrected chi connectivity index (χ2v) is 2.68. The van der Waals surface area contributed by atoms with Crippen LogP contribution in [0.3, 0.4) is 0 Å². The van der Waals surface area contributed by atoms with Crippen LogP contribution in [0.2, 0.25) is 0 Å². The Kier molecular flexibility index (Phi) is 1.72. The normalized spacial score (nSPS) is 32.5. The molecule has 1 aliphatic heterocycles. The maximum absolute atomic E-state index is 12.4. The Balaban J connectivity index is 2.60. The Morgan fingerprint density at radius 1 is 1.70 bits per heavy atom. The van der Waals surface area contributed by atoms with Gasteiger partial charge in [-0.2, -0.15) is 0 Å². The van der Waals surface area contributed by atoms with E-state index in [1.807, 2.05) is 0 Å². The molecule has 0 aromatic heterocycles. The van der Waals surface area contributed by atoms with Crippen LogP contribution in [0.4, 0.5) is 8.78 Å². The molecule has 1 heterocycles. The lowest BCUT2D eigenvalue weighted by molar-refractivity contribution is -0.111. The molecule has 1 fully saturated rings. The first-order valence-corrected chi connectivity index (χ1v) is 3.08. The van der Waals surface area contributed by atoms with E-state index in [-0.39, 0.29) is 13.0 Å². The Bertz CT molecular complexity index is 149. The molecule has 1 aliphatic rings. The molecule has 1 atom stereocenters. The third-order valence-corrected chi connectivity index (χ3v) is 1.71. The van der Waals surface area contributed by atoms with Crippen molar-refractivity contribution in [2.24, 2.45) is 0 Å². The van der Waals surface area contributed by atoms with Crippen molar-refractivity contribution in [3.8, 4) is 0 Å². The maximum Gasteiger partial charge on any atom is 0.262 e. The Hall–Kier alpha value is -0.510. The van der Waals surface area contributed by atoms with Crippen molar-refractivity contribution in [3.05, 3.63) is 0 Å². The first-order valence-electron chi connectivity index (χ1n) is 3.08. The maximum atomic E-state index is 12.4. The molecule has 0 aliphatic carbocycles. The van der Waals surface area contributed by atoms with Crippen LogP contribution in [-0.4, -0.2) is 36.7 Å². The van der Waals surface area contributed by atoms with Crippen molar-refractivity contribution in [2.75, 3.05) is 13.6 Å². The number of rotatable bonds is 1.